The third-order valence-corrected chi connectivity index (χ3v) is 3.51. The van der Waals surface area contributed by atoms with Crippen LogP contribution >= 0.6 is 0 Å². The maximum atomic E-state index is 5.72. The van der Waals surface area contributed by atoms with Crippen LogP contribution in [0.25, 0.3) is 0 Å². The van der Waals surface area contributed by atoms with Gasteiger partial charge in [-0.1, -0.05) is 32.8 Å². The molecule has 3 nitrogen and oxygen atoms in total. The molecule has 0 fully saturated rings. The number of methoxy groups -OCH3 is 1. The van der Waals surface area contributed by atoms with Gasteiger partial charge in [-0.2, -0.15) is 0 Å². The van der Waals surface area contributed by atoms with Gasteiger partial charge >= 0.3 is 0 Å². The first-order valence-electron chi connectivity index (χ1n) is 6.28. The molecule has 0 aromatic heterocycles. The molecule has 0 heterocycles. The molecule has 96 valence electrons. The van der Waals surface area contributed by atoms with E-state index in [1.165, 1.54) is 11.1 Å². The Kier molecular flexibility index (Phi) is 5.45. The van der Waals surface area contributed by atoms with Crippen LogP contribution in [0.1, 0.15) is 43.9 Å². The number of hydrogen-bond donors (Lipinski definition) is 2. The molecular formula is C14H24N2O. The van der Waals surface area contributed by atoms with E-state index in [1.807, 2.05) is 6.07 Å². The largest absolute Gasteiger partial charge is 0.497 e. The minimum Gasteiger partial charge on any atom is -0.497 e. The summed E-state index contributed by atoms with van der Waals surface area (Å²) in [5.74, 6) is 7.17. The van der Waals surface area contributed by atoms with Crippen molar-refractivity contribution in [3.8, 4) is 5.75 Å². The van der Waals surface area contributed by atoms with Gasteiger partial charge in [-0.15, -0.1) is 0 Å². The lowest BCUT2D eigenvalue weighted by molar-refractivity contribution is 0.344. The summed E-state index contributed by atoms with van der Waals surface area (Å²) in [6.45, 7) is 6.51. The van der Waals surface area contributed by atoms with Crippen molar-refractivity contribution in [1.82, 2.24) is 5.43 Å². The molecule has 0 bridgehead atoms. The highest BCUT2D eigenvalue weighted by Gasteiger charge is 2.20. The summed E-state index contributed by atoms with van der Waals surface area (Å²) in [6.07, 6.45) is 2.24. The molecule has 17 heavy (non-hydrogen) atoms. The molecule has 0 aliphatic heterocycles. The fourth-order valence-electron chi connectivity index (χ4n) is 2.36. The summed E-state index contributed by atoms with van der Waals surface area (Å²) < 4.78 is 5.22. The standard InChI is InChI=1S/C14H24N2O/c1-5-11(6-2)14(16-15)13-8-7-12(17-4)9-10(13)3/h7-9,11,14,16H,5-6,15H2,1-4H3. The van der Waals surface area contributed by atoms with Crippen LogP contribution in [-0.4, -0.2) is 7.11 Å². The number of aryl methyl sites for hydroxylation is 1. The number of nitrogens with two attached hydrogens (primary N) is 1. The molecule has 1 unspecified atom stereocenters. The fraction of sp³-hybridized carbons (Fsp3) is 0.571. The predicted octanol–water partition coefficient (Wildman–Crippen LogP) is 2.94. The molecule has 0 saturated carbocycles. The Balaban J connectivity index is 3.03. The quantitative estimate of drug-likeness (QED) is 0.589. The molecule has 0 amide bonds. The van der Waals surface area contributed by atoms with Crippen molar-refractivity contribution in [2.75, 3.05) is 7.11 Å². The molecule has 1 atom stereocenters. The van der Waals surface area contributed by atoms with E-state index in [4.69, 9.17) is 10.6 Å². The lowest BCUT2D eigenvalue weighted by Gasteiger charge is -2.26. The van der Waals surface area contributed by atoms with Crippen LogP contribution in [0.5, 0.6) is 5.75 Å². The smallest absolute Gasteiger partial charge is 0.119 e. The number of hydrogen-bond acceptors (Lipinski definition) is 3. The summed E-state index contributed by atoms with van der Waals surface area (Å²) in [5.41, 5.74) is 5.44. The molecule has 3 heteroatoms. The molecular weight excluding hydrogens is 212 g/mol. The Bertz CT molecular complexity index is 348. The third-order valence-electron chi connectivity index (χ3n) is 3.51. The van der Waals surface area contributed by atoms with Gasteiger partial charge in [0.1, 0.15) is 5.75 Å². The number of ether oxygens (including phenoxy) is 1. The third kappa shape index (κ3) is 3.20. The molecule has 0 aliphatic carbocycles. The second-order valence-electron chi connectivity index (χ2n) is 4.44. The van der Waals surface area contributed by atoms with Gasteiger partial charge in [0, 0.05) is 6.04 Å². The average Bonchev–Trinajstić information content (AvgIpc) is 2.36. The van der Waals surface area contributed by atoms with Crippen LogP contribution in [0, 0.1) is 12.8 Å². The van der Waals surface area contributed by atoms with E-state index in [1.54, 1.807) is 7.11 Å². The Morgan fingerprint density at radius 1 is 1.29 bits per heavy atom. The summed E-state index contributed by atoms with van der Waals surface area (Å²) in [5, 5.41) is 0. The highest BCUT2D eigenvalue weighted by atomic mass is 16.5. The lowest BCUT2D eigenvalue weighted by Crippen LogP contribution is -2.33. The SMILES string of the molecule is CCC(CC)C(NN)c1ccc(OC)cc1C. The molecule has 0 aliphatic rings. The first-order valence-corrected chi connectivity index (χ1v) is 6.28. The van der Waals surface area contributed by atoms with Gasteiger partial charge in [-0.05, 0) is 36.1 Å². The van der Waals surface area contributed by atoms with Gasteiger partial charge in [-0.3, -0.25) is 11.3 Å². The Morgan fingerprint density at radius 2 is 1.94 bits per heavy atom. The number of rotatable bonds is 6. The summed E-state index contributed by atoms with van der Waals surface area (Å²) in [4.78, 5) is 0. The van der Waals surface area contributed by atoms with E-state index < -0.39 is 0 Å². The van der Waals surface area contributed by atoms with E-state index in [0.717, 1.165) is 18.6 Å². The molecule has 0 radical (unpaired) electrons. The van der Waals surface area contributed by atoms with E-state index in [-0.39, 0.29) is 6.04 Å². The van der Waals surface area contributed by atoms with Gasteiger partial charge < -0.3 is 4.74 Å². The highest BCUT2D eigenvalue weighted by Crippen LogP contribution is 2.30. The van der Waals surface area contributed by atoms with Gasteiger partial charge in [0.05, 0.1) is 7.11 Å². The van der Waals surface area contributed by atoms with Crippen LogP contribution in [0.15, 0.2) is 18.2 Å². The normalized spacial score (nSPS) is 12.8. The maximum absolute atomic E-state index is 5.72. The predicted molar refractivity (Wildman–Crippen MR) is 71.9 cm³/mol. The molecule has 3 N–H and O–H groups in total. The van der Waals surface area contributed by atoms with E-state index in [2.05, 4.69) is 38.3 Å². The minimum atomic E-state index is 0.218. The summed E-state index contributed by atoms with van der Waals surface area (Å²) in [7, 11) is 1.69. The number of hydrazine groups is 1. The van der Waals surface area contributed by atoms with E-state index in [9.17, 15) is 0 Å². The summed E-state index contributed by atoms with van der Waals surface area (Å²) >= 11 is 0. The maximum Gasteiger partial charge on any atom is 0.119 e. The van der Waals surface area contributed by atoms with Crippen molar-refractivity contribution in [1.29, 1.82) is 0 Å². The topological polar surface area (TPSA) is 47.3 Å². The summed E-state index contributed by atoms with van der Waals surface area (Å²) in [6, 6.07) is 6.38. The highest BCUT2D eigenvalue weighted by molar-refractivity contribution is 5.36. The van der Waals surface area contributed by atoms with E-state index >= 15 is 0 Å². The molecule has 1 aromatic rings. The van der Waals surface area contributed by atoms with Crippen LogP contribution < -0.4 is 16.0 Å². The van der Waals surface area contributed by atoms with Crippen LogP contribution in [-0.2, 0) is 0 Å². The first kappa shape index (κ1) is 14.0. The van der Waals surface area contributed by atoms with Crippen molar-refractivity contribution in [3.63, 3.8) is 0 Å². The van der Waals surface area contributed by atoms with E-state index in [0.29, 0.717) is 5.92 Å². The second-order valence-corrected chi connectivity index (χ2v) is 4.44. The molecule has 1 aromatic carbocycles. The van der Waals surface area contributed by atoms with Crippen LogP contribution in [0.2, 0.25) is 0 Å². The van der Waals surface area contributed by atoms with Crippen molar-refractivity contribution < 1.29 is 4.74 Å². The lowest BCUT2D eigenvalue weighted by atomic mass is 9.87. The molecule has 0 spiro atoms. The van der Waals surface area contributed by atoms with Gasteiger partial charge in [0.25, 0.3) is 0 Å². The second kappa shape index (κ2) is 6.62. The van der Waals surface area contributed by atoms with Crippen molar-refractivity contribution in [2.45, 2.75) is 39.7 Å². The Morgan fingerprint density at radius 3 is 2.35 bits per heavy atom. The monoisotopic (exact) mass is 236 g/mol. The van der Waals surface area contributed by atoms with Crippen LogP contribution in [0.3, 0.4) is 0 Å². The van der Waals surface area contributed by atoms with Gasteiger partial charge in [0.15, 0.2) is 0 Å². The zero-order valence-corrected chi connectivity index (χ0v) is 11.3. The molecule has 1 rings (SSSR count). The first-order chi connectivity index (χ1) is 8.17. The van der Waals surface area contributed by atoms with Crippen molar-refractivity contribution in [2.24, 2.45) is 11.8 Å². The molecule has 0 saturated heterocycles. The van der Waals surface area contributed by atoms with Gasteiger partial charge in [-0.25, -0.2) is 0 Å². The fourth-order valence-corrected chi connectivity index (χ4v) is 2.36. The Hall–Kier alpha value is -1.06. The van der Waals surface area contributed by atoms with Crippen molar-refractivity contribution in [3.05, 3.63) is 29.3 Å². The van der Waals surface area contributed by atoms with Crippen LogP contribution in [0.4, 0.5) is 0 Å². The number of benzene rings is 1. The number of nitrogens with one attached hydrogen (secondary N) is 1. The zero-order valence-electron chi connectivity index (χ0n) is 11.3. The van der Waals surface area contributed by atoms with Crippen molar-refractivity contribution >= 4 is 0 Å². The Labute approximate surface area is 104 Å². The average molecular weight is 236 g/mol. The minimum absolute atomic E-state index is 0.218. The zero-order chi connectivity index (χ0) is 12.8. The van der Waals surface area contributed by atoms with Gasteiger partial charge in [0.2, 0.25) is 0 Å².